The minimum atomic E-state index is -0.524. The second-order valence-corrected chi connectivity index (χ2v) is 3.12. The third kappa shape index (κ3) is 4.01. The van der Waals surface area contributed by atoms with Gasteiger partial charge in [-0.15, -0.1) is 0 Å². The van der Waals surface area contributed by atoms with Crippen LogP contribution in [0.3, 0.4) is 0 Å². The standard InChI is InChI=1S/C11H14FNO4/c1-15-5-6-17-13-11(14)8-3-4-9(12)10(7-8)16-2/h3-4,7H,5-6H2,1-2H3,(H,13,14). The average molecular weight is 243 g/mol. The van der Waals surface area contributed by atoms with Crippen LogP contribution in [-0.4, -0.2) is 33.3 Å². The van der Waals surface area contributed by atoms with E-state index >= 15 is 0 Å². The largest absolute Gasteiger partial charge is 0.494 e. The smallest absolute Gasteiger partial charge is 0.274 e. The molecule has 1 aromatic rings. The molecule has 6 heteroatoms. The van der Waals surface area contributed by atoms with Gasteiger partial charge in [0.15, 0.2) is 11.6 Å². The lowest BCUT2D eigenvalue weighted by molar-refractivity contribution is 0.00887. The lowest BCUT2D eigenvalue weighted by Gasteiger charge is -2.07. The Morgan fingerprint density at radius 3 is 2.76 bits per heavy atom. The maximum Gasteiger partial charge on any atom is 0.274 e. The number of nitrogens with one attached hydrogen (secondary N) is 1. The molecule has 94 valence electrons. The minimum absolute atomic E-state index is 0.00883. The van der Waals surface area contributed by atoms with E-state index < -0.39 is 11.7 Å². The summed E-state index contributed by atoms with van der Waals surface area (Å²) < 4.78 is 22.6. The summed E-state index contributed by atoms with van der Waals surface area (Å²) in [7, 11) is 2.85. The van der Waals surface area contributed by atoms with Crippen LogP contribution in [0.15, 0.2) is 18.2 Å². The van der Waals surface area contributed by atoms with Crippen LogP contribution in [0.5, 0.6) is 5.75 Å². The predicted molar refractivity (Wildman–Crippen MR) is 58.2 cm³/mol. The fraction of sp³-hybridized carbons (Fsp3) is 0.364. The Bertz CT molecular complexity index is 384. The van der Waals surface area contributed by atoms with Gasteiger partial charge in [0, 0.05) is 12.7 Å². The van der Waals surface area contributed by atoms with Crippen LogP contribution >= 0.6 is 0 Å². The van der Waals surface area contributed by atoms with Crippen molar-refractivity contribution in [3.8, 4) is 5.75 Å². The maximum absolute atomic E-state index is 13.1. The Hall–Kier alpha value is -1.66. The monoisotopic (exact) mass is 243 g/mol. The number of amides is 1. The molecule has 17 heavy (non-hydrogen) atoms. The van der Waals surface area contributed by atoms with Crippen LogP contribution in [0.4, 0.5) is 4.39 Å². The molecule has 0 aliphatic carbocycles. The van der Waals surface area contributed by atoms with E-state index in [-0.39, 0.29) is 17.9 Å². The van der Waals surface area contributed by atoms with Crippen LogP contribution < -0.4 is 10.2 Å². The van der Waals surface area contributed by atoms with E-state index in [4.69, 9.17) is 14.3 Å². The second kappa shape index (κ2) is 6.82. The zero-order valence-electron chi connectivity index (χ0n) is 9.66. The van der Waals surface area contributed by atoms with Crippen LogP contribution in [0, 0.1) is 5.82 Å². The Balaban J connectivity index is 2.57. The third-order valence-corrected chi connectivity index (χ3v) is 1.97. The highest BCUT2D eigenvalue weighted by atomic mass is 19.1. The summed E-state index contributed by atoms with van der Waals surface area (Å²) in [5.74, 6) is -0.988. The van der Waals surface area contributed by atoms with E-state index in [0.717, 1.165) is 6.07 Å². The number of carbonyl (C=O) groups excluding carboxylic acids is 1. The normalized spacial score (nSPS) is 10.1. The van der Waals surface area contributed by atoms with Gasteiger partial charge in [-0.2, -0.15) is 0 Å². The van der Waals surface area contributed by atoms with Crippen LogP contribution in [0.1, 0.15) is 10.4 Å². The zero-order valence-corrected chi connectivity index (χ0v) is 9.66. The first-order valence-electron chi connectivity index (χ1n) is 4.93. The van der Waals surface area contributed by atoms with E-state index in [1.54, 1.807) is 0 Å². The number of methoxy groups -OCH3 is 2. The van der Waals surface area contributed by atoms with Gasteiger partial charge < -0.3 is 9.47 Å². The first-order chi connectivity index (χ1) is 8.19. The van der Waals surface area contributed by atoms with Crippen molar-refractivity contribution in [1.82, 2.24) is 5.48 Å². The summed E-state index contributed by atoms with van der Waals surface area (Å²) in [5, 5.41) is 0. The highest BCUT2D eigenvalue weighted by molar-refractivity contribution is 5.93. The van der Waals surface area contributed by atoms with Gasteiger partial charge in [-0.05, 0) is 18.2 Å². The maximum atomic E-state index is 13.1. The van der Waals surface area contributed by atoms with E-state index in [9.17, 15) is 9.18 Å². The van der Waals surface area contributed by atoms with Gasteiger partial charge in [0.25, 0.3) is 5.91 Å². The molecule has 5 nitrogen and oxygen atoms in total. The van der Waals surface area contributed by atoms with Crippen molar-refractivity contribution < 1.29 is 23.5 Å². The molecule has 0 aliphatic rings. The van der Waals surface area contributed by atoms with Crippen molar-refractivity contribution in [1.29, 1.82) is 0 Å². The van der Waals surface area contributed by atoms with E-state index in [0.29, 0.717) is 6.61 Å². The first-order valence-corrected chi connectivity index (χ1v) is 4.93. The molecule has 0 fully saturated rings. The Kier molecular flexibility index (Phi) is 5.38. The van der Waals surface area contributed by atoms with Crippen molar-refractivity contribution in [2.75, 3.05) is 27.4 Å². The van der Waals surface area contributed by atoms with Gasteiger partial charge in [-0.3, -0.25) is 9.63 Å². The average Bonchev–Trinajstić information content (AvgIpc) is 2.35. The molecule has 0 heterocycles. The Morgan fingerprint density at radius 2 is 2.12 bits per heavy atom. The molecule has 1 amide bonds. The SMILES string of the molecule is COCCONC(=O)c1ccc(F)c(OC)c1. The number of hydrogen-bond acceptors (Lipinski definition) is 4. The van der Waals surface area contributed by atoms with Crippen molar-refractivity contribution in [3.63, 3.8) is 0 Å². The molecule has 1 aromatic carbocycles. The fourth-order valence-corrected chi connectivity index (χ4v) is 1.10. The quantitative estimate of drug-likeness (QED) is 0.601. The molecule has 0 aromatic heterocycles. The van der Waals surface area contributed by atoms with E-state index in [2.05, 4.69) is 5.48 Å². The van der Waals surface area contributed by atoms with Crippen LogP contribution in [0.25, 0.3) is 0 Å². The van der Waals surface area contributed by atoms with E-state index in [1.807, 2.05) is 0 Å². The van der Waals surface area contributed by atoms with Gasteiger partial charge in [0.05, 0.1) is 20.3 Å². The molecule has 0 saturated carbocycles. The molecule has 0 unspecified atom stereocenters. The lowest BCUT2D eigenvalue weighted by atomic mass is 10.2. The summed E-state index contributed by atoms with van der Waals surface area (Å²) in [6.07, 6.45) is 0. The molecule has 1 N–H and O–H groups in total. The second-order valence-electron chi connectivity index (χ2n) is 3.12. The highest BCUT2D eigenvalue weighted by Gasteiger charge is 2.09. The van der Waals surface area contributed by atoms with Gasteiger partial charge in [-0.1, -0.05) is 0 Å². The molecule has 0 spiro atoms. The summed E-state index contributed by atoms with van der Waals surface area (Å²) in [6.45, 7) is 0.605. The summed E-state index contributed by atoms with van der Waals surface area (Å²) in [5.41, 5.74) is 2.46. The summed E-state index contributed by atoms with van der Waals surface area (Å²) >= 11 is 0. The van der Waals surface area contributed by atoms with Crippen molar-refractivity contribution in [2.24, 2.45) is 0 Å². The molecule has 1 rings (SSSR count). The van der Waals surface area contributed by atoms with Crippen molar-refractivity contribution in [2.45, 2.75) is 0 Å². The molecule has 0 radical (unpaired) electrons. The fourth-order valence-electron chi connectivity index (χ4n) is 1.10. The number of carbonyl (C=O) groups is 1. The van der Waals surface area contributed by atoms with Crippen molar-refractivity contribution in [3.05, 3.63) is 29.6 Å². The summed E-state index contributed by atoms with van der Waals surface area (Å²) in [6, 6.07) is 3.79. The van der Waals surface area contributed by atoms with Crippen molar-refractivity contribution >= 4 is 5.91 Å². The number of benzene rings is 1. The number of halogens is 1. The molecular formula is C11H14FNO4. The minimum Gasteiger partial charge on any atom is -0.494 e. The molecule has 0 atom stereocenters. The van der Waals surface area contributed by atoms with Crippen LogP contribution in [-0.2, 0) is 9.57 Å². The molecular weight excluding hydrogens is 229 g/mol. The summed E-state index contributed by atoms with van der Waals surface area (Å²) in [4.78, 5) is 16.4. The predicted octanol–water partition coefficient (Wildman–Crippen LogP) is 1.14. The van der Waals surface area contributed by atoms with Crippen LogP contribution in [0.2, 0.25) is 0 Å². The van der Waals surface area contributed by atoms with Gasteiger partial charge >= 0.3 is 0 Å². The van der Waals surface area contributed by atoms with Gasteiger partial charge in [0.1, 0.15) is 0 Å². The molecule has 0 bridgehead atoms. The number of rotatable bonds is 6. The lowest BCUT2D eigenvalue weighted by Crippen LogP contribution is -2.25. The highest BCUT2D eigenvalue weighted by Crippen LogP contribution is 2.17. The molecule has 0 aliphatic heterocycles. The number of hydroxylamine groups is 1. The first kappa shape index (κ1) is 13.4. The zero-order chi connectivity index (χ0) is 12.7. The van der Waals surface area contributed by atoms with E-state index in [1.165, 1.54) is 26.4 Å². The Morgan fingerprint density at radius 1 is 1.35 bits per heavy atom. The topological polar surface area (TPSA) is 56.8 Å². The Labute approximate surface area is 98.4 Å². The molecule has 0 saturated heterocycles. The van der Waals surface area contributed by atoms with Gasteiger partial charge in [-0.25, -0.2) is 9.87 Å². The number of hydrogen-bond donors (Lipinski definition) is 1. The third-order valence-electron chi connectivity index (χ3n) is 1.97. The van der Waals surface area contributed by atoms with Gasteiger partial charge in [0.2, 0.25) is 0 Å². The number of ether oxygens (including phenoxy) is 2.